The molecule has 0 fully saturated rings. The van der Waals surface area contributed by atoms with Gasteiger partial charge in [0, 0.05) is 17.8 Å². The first-order valence-electron chi connectivity index (χ1n) is 6.97. The summed E-state index contributed by atoms with van der Waals surface area (Å²) < 4.78 is 14.0. The molecule has 1 aromatic heterocycles. The van der Waals surface area contributed by atoms with Crippen molar-refractivity contribution < 1.29 is 4.39 Å². The van der Waals surface area contributed by atoms with Gasteiger partial charge < -0.3 is 5.32 Å². The highest BCUT2D eigenvalue weighted by atomic mass is 19.1. The molecule has 1 N–H and O–H groups in total. The second kappa shape index (κ2) is 5.62. The van der Waals surface area contributed by atoms with Gasteiger partial charge in [0.05, 0.1) is 6.04 Å². The predicted octanol–water partition coefficient (Wildman–Crippen LogP) is 3.99. The SMILES string of the molecule is CNC(c1cnccc1C)c1ccc(F)c2ccccc12. The first-order valence-corrected chi connectivity index (χ1v) is 6.97. The zero-order valence-corrected chi connectivity index (χ0v) is 12.1. The Morgan fingerprint density at radius 3 is 2.48 bits per heavy atom. The van der Waals surface area contributed by atoms with Crippen molar-refractivity contribution in [2.45, 2.75) is 13.0 Å². The van der Waals surface area contributed by atoms with Gasteiger partial charge in [-0.2, -0.15) is 0 Å². The normalized spacial score (nSPS) is 12.5. The predicted molar refractivity (Wildman–Crippen MR) is 83.8 cm³/mol. The van der Waals surface area contributed by atoms with Crippen LogP contribution >= 0.6 is 0 Å². The molecule has 0 spiro atoms. The Balaban J connectivity index is 2.23. The number of pyridine rings is 1. The molecule has 0 aliphatic rings. The maximum atomic E-state index is 14.0. The summed E-state index contributed by atoms with van der Waals surface area (Å²) in [5.41, 5.74) is 3.33. The Kier molecular flexibility index (Phi) is 3.67. The molecular formula is C18H17FN2. The highest BCUT2D eigenvalue weighted by Gasteiger charge is 2.17. The number of aromatic nitrogens is 1. The van der Waals surface area contributed by atoms with Gasteiger partial charge >= 0.3 is 0 Å². The summed E-state index contributed by atoms with van der Waals surface area (Å²) >= 11 is 0. The van der Waals surface area contributed by atoms with Crippen LogP contribution in [0.5, 0.6) is 0 Å². The second-order valence-corrected chi connectivity index (χ2v) is 5.14. The Morgan fingerprint density at radius 1 is 1.00 bits per heavy atom. The van der Waals surface area contributed by atoms with E-state index in [0.717, 1.165) is 22.1 Å². The molecule has 3 rings (SSSR count). The maximum absolute atomic E-state index is 14.0. The minimum Gasteiger partial charge on any atom is -0.309 e. The van der Waals surface area contributed by atoms with Crippen LogP contribution < -0.4 is 5.32 Å². The molecule has 2 nitrogen and oxygen atoms in total. The first kappa shape index (κ1) is 13.7. The topological polar surface area (TPSA) is 24.9 Å². The van der Waals surface area contributed by atoms with E-state index in [-0.39, 0.29) is 11.9 Å². The molecule has 0 saturated carbocycles. The number of benzene rings is 2. The number of nitrogens with one attached hydrogen (secondary N) is 1. The number of hydrogen-bond donors (Lipinski definition) is 1. The Hall–Kier alpha value is -2.26. The monoisotopic (exact) mass is 280 g/mol. The van der Waals surface area contributed by atoms with E-state index in [1.807, 2.05) is 49.6 Å². The lowest BCUT2D eigenvalue weighted by molar-refractivity contribution is 0.636. The van der Waals surface area contributed by atoms with E-state index in [2.05, 4.69) is 17.2 Å². The molecule has 106 valence electrons. The van der Waals surface area contributed by atoms with Crippen LogP contribution in [0, 0.1) is 12.7 Å². The van der Waals surface area contributed by atoms with E-state index in [0.29, 0.717) is 5.39 Å². The Bertz CT molecular complexity index is 783. The summed E-state index contributed by atoms with van der Waals surface area (Å²) in [7, 11) is 1.91. The summed E-state index contributed by atoms with van der Waals surface area (Å²) in [5.74, 6) is -0.188. The standard InChI is InChI=1S/C18H17FN2/c1-12-9-10-21-11-16(12)18(20-2)15-7-8-17(19)14-6-4-3-5-13(14)15/h3-11,18,20H,1-2H3. The minimum atomic E-state index is -0.188. The molecule has 3 heteroatoms. The molecule has 1 atom stereocenters. The molecular weight excluding hydrogens is 263 g/mol. The van der Waals surface area contributed by atoms with Crippen LogP contribution in [0.3, 0.4) is 0 Å². The van der Waals surface area contributed by atoms with Crippen LogP contribution in [0.15, 0.2) is 54.9 Å². The van der Waals surface area contributed by atoms with Crippen LogP contribution in [0.2, 0.25) is 0 Å². The summed E-state index contributed by atoms with van der Waals surface area (Å²) in [4.78, 5) is 4.22. The van der Waals surface area contributed by atoms with E-state index in [1.54, 1.807) is 6.20 Å². The van der Waals surface area contributed by atoms with Crippen LogP contribution in [0.1, 0.15) is 22.7 Å². The third kappa shape index (κ3) is 2.41. The van der Waals surface area contributed by atoms with Gasteiger partial charge in [0.2, 0.25) is 0 Å². The number of rotatable bonds is 3. The number of aryl methyl sites for hydroxylation is 1. The fraction of sp³-hybridized carbons (Fsp3) is 0.167. The van der Waals surface area contributed by atoms with Crippen molar-refractivity contribution in [2.75, 3.05) is 7.05 Å². The Labute approximate surface area is 123 Å². The van der Waals surface area contributed by atoms with Crippen LogP contribution in [0.4, 0.5) is 4.39 Å². The smallest absolute Gasteiger partial charge is 0.131 e. The molecule has 0 bridgehead atoms. The second-order valence-electron chi connectivity index (χ2n) is 5.14. The number of nitrogens with zero attached hydrogens (tertiary/aromatic N) is 1. The molecule has 1 heterocycles. The fourth-order valence-electron chi connectivity index (χ4n) is 2.79. The highest BCUT2D eigenvalue weighted by molar-refractivity contribution is 5.87. The van der Waals surface area contributed by atoms with Gasteiger partial charge in [-0.15, -0.1) is 0 Å². The van der Waals surface area contributed by atoms with Crippen molar-refractivity contribution in [3.63, 3.8) is 0 Å². The maximum Gasteiger partial charge on any atom is 0.131 e. The van der Waals surface area contributed by atoms with E-state index < -0.39 is 0 Å². The molecule has 0 radical (unpaired) electrons. The van der Waals surface area contributed by atoms with Gasteiger partial charge in [-0.1, -0.05) is 30.3 Å². The van der Waals surface area contributed by atoms with Gasteiger partial charge in [-0.05, 0) is 48.2 Å². The van der Waals surface area contributed by atoms with Crippen molar-refractivity contribution in [3.8, 4) is 0 Å². The summed E-state index contributed by atoms with van der Waals surface area (Å²) in [6.45, 7) is 2.06. The van der Waals surface area contributed by atoms with Crippen molar-refractivity contribution in [1.29, 1.82) is 0 Å². The molecule has 0 saturated heterocycles. The van der Waals surface area contributed by atoms with Crippen LogP contribution in [0.25, 0.3) is 10.8 Å². The molecule has 1 unspecified atom stereocenters. The largest absolute Gasteiger partial charge is 0.309 e. The lowest BCUT2D eigenvalue weighted by atomic mass is 9.92. The number of fused-ring (bicyclic) bond motifs is 1. The van der Waals surface area contributed by atoms with E-state index >= 15 is 0 Å². The van der Waals surface area contributed by atoms with E-state index in [4.69, 9.17) is 0 Å². The van der Waals surface area contributed by atoms with Gasteiger partial charge in [0.1, 0.15) is 5.82 Å². The zero-order chi connectivity index (χ0) is 14.8. The summed E-state index contributed by atoms with van der Waals surface area (Å²) in [6.07, 6.45) is 3.66. The molecule has 0 aliphatic carbocycles. The quantitative estimate of drug-likeness (QED) is 0.784. The van der Waals surface area contributed by atoms with Gasteiger partial charge in [-0.25, -0.2) is 4.39 Å². The van der Waals surface area contributed by atoms with Crippen molar-refractivity contribution in [2.24, 2.45) is 0 Å². The first-order chi connectivity index (χ1) is 10.2. The molecule has 21 heavy (non-hydrogen) atoms. The van der Waals surface area contributed by atoms with Gasteiger partial charge in [0.25, 0.3) is 0 Å². The van der Waals surface area contributed by atoms with Gasteiger partial charge in [-0.3, -0.25) is 4.98 Å². The van der Waals surface area contributed by atoms with Crippen LogP contribution in [-0.4, -0.2) is 12.0 Å². The zero-order valence-electron chi connectivity index (χ0n) is 12.1. The molecule has 0 amide bonds. The van der Waals surface area contributed by atoms with Gasteiger partial charge in [0.15, 0.2) is 0 Å². The molecule has 2 aromatic carbocycles. The minimum absolute atomic E-state index is 0.0100. The van der Waals surface area contributed by atoms with E-state index in [1.165, 1.54) is 6.07 Å². The molecule has 3 aromatic rings. The average Bonchev–Trinajstić information content (AvgIpc) is 2.52. The van der Waals surface area contributed by atoms with Crippen molar-refractivity contribution >= 4 is 10.8 Å². The Morgan fingerprint density at radius 2 is 1.76 bits per heavy atom. The van der Waals surface area contributed by atoms with Crippen molar-refractivity contribution in [1.82, 2.24) is 10.3 Å². The summed E-state index contributed by atoms with van der Waals surface area (Å²) in [6, 6.07) is 12.9. The van der Waals surface area contributed by atoms with Crippen molar-refractivity contribution in [3.05, 3.63) is 77.4 Å². The highest BCUT2D eigenvalue weighted by Crippen LogP contribution is 2.31. The summed E-state index contributed by atoms with van der Waals surface area (Å²) in [5, 5.41) is 4.91. The third-order valence-electron chi connectivity index (χ3n) is 3.89. The average molecular weight is 280 g/mol. The van der Waals surface area contributed by atoms with E-state index in [9.17, 15) is 4.39 Å². The number of hydrogen-bond acceptors (Lipinski definition) is 2. The fourth-order valence-corrected chi connectivity index (χ4v) is 2.79. The lowest BCUT2D eigenvalue weighted by Gasteiger charge is -2.21. The molecule has 0 aliphatic heterocycles. The number of halogens is 1. The van der Waals surface area contributed by atoms with Crippen LogP contribution in [-0.2, 0) is 0 Å². The lowest BCUT2D eigenvalue weighted by Crippen LogP contribution is -2.19. The third-order valence-corrected chi connectivity index (χ3v) is 3.89.